The molecule has 0 saturated carbocycles. The number of carbonyl (C=O) groups is 1. The predicted octanol–water partition coefficient (Wildman–Crippen LogP) is 2.58. The van der Waals surface area contributed by atoms with E-state index in [9.17, 15) is 4.79 Å². The first-order valence-corrected chi connectivity index (χ1v) is 8.34. The summed E-state index contributed by atoms with van der Waals surface area (Å²) in [5.41, 5.74) is 3.99. The summed E-state index contributed by atoms with van der Waals surface area (Å²) in [6.07, 6.45) is 8.04. The highest BCUT2D eigenvalue weighted by molar-refractivity contribution is 5.96. The molecule has 4 rings (SSSR count). The average Bonchev–Trinajstić information content (AvgIpc) is 3.02. The van der Waals surface area contributed by atoms with Gasteiger partial charge in [0.15, 0.2) is 0 Å². The number of hydrogen-bond donors (Lipinski definition) is 1. The summed E-state index contributed by atoms with van der Waals surface area (Å²) in [7, 11) is 0. The van der Waals surface area contributed by atoms with Crippen LogP contribution in [0.25, 0.3) is 11.3 Å². The van der Waals surface area contributed by atoms with Gasteiger partial charge in [-0.25, -0.2) is 4.98 Å². The minimum absolute atomic E-state index is 0.0387. The van der Waals surface area contributed by atoms with Crippen molar-refractivity contribution in [2.45, 2.75) is 31.7 Å². The van der Waals surface area contributed by atoms with E-state index in [1.54, 1.807) is 0 Å². The van der Waals surface area contributed by atoms with E-state index in [0.29, 0.717) is 6.04 Å². The van der Waals surface area contributed by atoms with Gasteiger partial charge in [0.05, 0.1) is 12.0 Å². The maximum atomic E-state index is 12.0. The maximum absolute atomic E-state index is 12.0. The highest BCUT2D eigenvalue weighted by Crippen LogP contribution is 2.26. The Hall–Kier alpha value is -2.14. The average molecular weight is 311 g/mol. The fraction of sp³-hybridized carbons (Fsp3) is 0.444. The second-order valence-electron chi connectivity index (χ2n) is 6.28. The number of rotatable bonds is 2. The van der Waals surface area contributed by atoms with Gasteiger partial charge in [0.2, 0.25) is 0 Å². The highest BCUT2D eigenvalue weighted by Gasteiger charge is 2.18. The highest BCUT2D eigenvalue weighted by atomic mass is 16.5. The molecule has 2 aliphatic heterocycles. The zero-order valence-corrected chi connectivity index (χ0v) is 13.1. The summed E-state index contributed by atoms with van der Waals surface area (Å²) in [5, 5.41) is 2.94. The van der Waals surface area contributed by atoms with Crippen molar-refractivity contribution in [3.63, 3.8) is 0 Å². The Morgan fingerprint density at radius 2 is 2.13 bits per heavy atom. The number of benzene rings is 1. The summed E-state index contributed by atoms with van der Waals surface area (Å²) in [6, 6.07) is 6.53. The van der Waals surface area contributed by atoms with E-state index in [4.69, 9.17) is 4.74 Å². The molecule has 1 fully saturated rings. The lowest BCUT2D eigenvalue weighted by molar-refractivity contribution is 0.0695. The monoisotopic (exact) mass is 311 g/mol. The van der Waals surface area contributed by atoms with E-state index >= 15 is 0 Å². The van der Waals surface area contributed by atoms with E-state index in [2.05, 4.69) is 27.1 Å². The largest absolute Gasteiger partial charge is 0.381 e. The summed E-state index contributed by atoms with van der Waals surface area (Å²) in [5.74, 6) is 0.0387. The lowest BCUT2D eigenvalue weighted by Crippen LogP contribution is -2.22. The number of nitrogens with one attached hydrogen (secondary N) is 1. The van der Waals surface area contributed by atoms with Gasteiger partial charge in [0, 0.05) is 43.1 Å². The molecule has 1 saturated heterocycles. The molecule has 1 aromatic heterocycles. The van der Waals surface area contributed by atoms with Crippen molar-refractivity contribution in [3.8, 4) is 11.3 Å². The van der Waals surface area contributed by atoms with Gasteiger partial charge in [-0.2, -0.15) is 0 Å². The van der Waals surface area contributed by atoms with Gasteiger partial charge in [-0.3, -0.25) is 4.79 Å². The van der Waals surface area contributed by atoms with Crippen LogP contribution < -0.4 is 5.32 Å². The molecule has 1 amide bonds. The van der Waals surface area contributed by atoms with E-state index in [0.717, 1.165) is 67.8 Å². The molecule has 0 bridgehead atoms. The fourth-order valence-corrected chi connectivity index (χ4v) is 3.43. The number of carbonyl (C=O) groups excluding carboxylic acids is 1. The molecule has 0 radical (unpaired) electrons. The van der Waals surface area contributed by atoms with Gasteiger partial charge in [0.1, 0.15) is 0 Å². The SMILES string of the molecule is O=C1NCCCc2cc(-c3cn(C4CCOCC4)cn3)ccc21. The zero-order chi connectivity index (χ0) is 15.6. The van der Waals surface area contributed by atoms with Crippen LogP contribution in [0.1, 0.15) is 41.2 Å². The van der Waals surface area contributed by atoms with Crippen LogP contribution in [0.3, 0.4) is 0 Å². The molecule has 3 heterocycles. The van der Waals surface area contributed by atoms with Gasteiger partial charge in [-0.05, 0) is 43.4 Å². The topological polar surface area (TPSA) is 56.2 Å². The Bertz CT molecular complexity index is 717. The second kappa shape index (κ2) is 6.16. The minimum atomic E-state index is 0.0387. The molecule has 5 heteroatoms. The van der Waals surface area contributed by atoms with Crippen LogP contribution in [0.5, 0.6) is 0 Å². The lowest BCUT2D eigenvalue weighted by Gasteiger charge is -2.22. The normalized spacial score (nSPS) is 19.0. The van der Waals surface area contributed by atoms with Gasteiger partial charge in [-0.1, -0.05) is 6.07 Å². The predicted molar refractivity (Wildman–Crippen MR) is 87.4 cm³/mol. The number of hydrogen-bond acceptors (Lipinski definition) is 3. The summed E-state index contributed by atoms with van der Waals surface area (Å²) in [4.78, 5) is 16.6. The first kappa shape index (κ1) is 14.5. The van der Waals surface area contributed by atoms with Crippen LogP contribution in [-0.4, -0.2) is 35.2 Å². The number of imidazole rings is 1. The maximum Gasteiger partial charge on any atom is 0.251 e. The smallest absolute Gasteiger partial charge is 0.251 e. The number of amides is 1. The standard InChI is InChI=1S/C18H21N3O2/c22-18-16-4-3-14(10-13(16)2-1-7-19-18)17-11-21(12-20-17)15-5-8-23-9-6-15/h3-4,10-12,15H,1-2,5-9H2,(H,19,22). The summed E-state index contributed by atoms with van der Waals surface area (Å²) < 4.78 is 7.63. The molecule has 1 N–H and O–H groups in total. The third-order valence-corrected chi connectivity index (χ3v) is 4.77. The molecule has 0 spiro atoms. The molecule has 0 atom stereocenters. The lowest BCUT2D eigenvalue weighted by atomic mass is 9.99. The van der Waals surface area contributed by atoms with E-state index in [-0.39, 0.29) is 5.91 Å². The van der Waals surface area contributed by atoms with Crippen LogP contribution in [-0.2, 0) is 11.2 Å². The third-order valence-electron chi connectivity index (χ3n) is 4.77. The van der Waals surface area contributed by atoms with Crippen LogP contribution in [0.4, 0.5) is 0 Å². The van der Waals surface area contributed by atoms with Crippen LogP contribution in [0.2, 0.25) is 0 Å². The third kappa shape index (κ3) is 2.88. The first-order valence-electron chi connectivity index (χ1n) is 8.34. The van der Waals surface area contributed by atoms with Crippen molar-refractivity contribution in [1.82, 2.24) is 14.9 Å². The number of ether oxygens (including phenoxy) is 1. The van der Waals surface area contributed by atoms with E-state index in [1.165, 1.54) is 0 Å². The molecule has 1 aromatic carbocycles. The molecule has 23 heavy (non-hydrogen) atoms. The Labute approximate surface area is 135 Å². The fourth-order valence-electron chi connectivity index (χ4n) is 3.43. The molecular formula is C18H21N3O2. The minimum Gasteiger partial charge on any atom is -0.381 e. The Morgan fingerprint density at radius 1 is 1.26 bits per heavy atom. The number of fused-ring (bicyclic) bond motifs is 1. The van der Waals surface area contributed by atoms with Crippen LogP contribution >= 0.6 is 0 Å². The van der Waals surface area contributed by atoms with Crippen molar-refractivity contribution >= 4 is 5.91 Å². The van der Waals surface area contributed by atoms with Crippen molar-refractivity contribution in [3.05, 3.63) is 41.9 Å². The molecule has 2 aliphatic rings. The molecule has 0 aliphatic carbocycles. The Balaban J connectivity index is 1.62. The number of nitrogens with zero attached hydrogens (tertiary/aromatic N) is 2. The molecule has 0 unspecified atom stereocenters. The molecule has 120 valence electrons. The van der Waals surface area contributed by atoms with Gasteiger partial charge >= 0.3 is 0 Å². The van der Waals surface area contributed by atoms with Gasteiger partial charge < -0.3 is 14.6 Å². The number of aromatic nitrogens is 2. The molecule has 5 nitrogen and oxygen atoms in total. The van der Waals surface area contributed by atoms with E-state index < -0.39 is 0 Å². The van der Waals surface area contributed by atoms with Crippen molar-refractivity contribution in [2.75, 3.05) is 19.8 Å². The first-order chi connectivity index (χ1) is 11.3. The Kier molecular flexibility index (Phi) is 3.87. The Morgan fingerprint density at radius 3 is 3.00 bits per heavy atom. The van der Waals surface area contributed by atoms with Crippen LogP contribution in [0.15, 0.2) is 30.7 Å². The summed E-state index contributed by atoms with van der Waals surface area (Å²) in [6.45, 7) is 2.40. The van der Waals surface area contributed by atoms with Gasteiger partial charge in [0.25, 0.3) is 5.91 Å². The van der Waals surface area contributed by atoms with Gasteiger partial charge in [-0.15, -0.1) is 0 Å². The zero-order valence-electron chi connectivity index (χ0n) is 13.1. The molecule has 2 aromatic rings. The van der Waals surface area contributed by atoms with Crippen molar-refractivity contribution in [1.29, 1.82) is 0 Å². The summed E-state index contributed by atoms with van der Waals surface area (Å²) >= 11 is 0. The van der Waals surface area contributed by atoms with Crippen molar-refractivity contribution in [2.24, 2.45) is 0 Å². The second-order valence-corrected chi connectivity index (χ2v) is 6.28. The quantitative estimate of drug-likeness (QED) is 0.927. The molecular weight excluding hydrogens is 290 g/mol. The van der Waals surface area contributed by atoms with Crippen LogP contribution in [0, 0.1) is 0 Å². The van der Waals surface area contributed by atoms with E-state index in [1.807, 2.05) is 18.5 Å². The van der Waals surface area contributed by atoms with Crippen molar-refractivity contribution < 1.29 is 9.53 Å². The number of aryl methyl sites for hydroxylation is 1.